The quantitative estimate of drug-likeness (QED) is 0.354. The summed E-state index contributed by atoms with van der Waals surface area (Å²) in [5.74, 6) is -0.100. The summed E-state index contributed by atoms with van der Waals surface area (Å²) in [5, 5.41) is 0.0698. The third-order valence-corrected chi connectivity index (χ3v) is 10.7. The number of carbonyl (C=O) groups is 3. The second kappa shape index (κ2) is 9.29. The van der Waals surface area contributed by atoms with Crippen LogP contribution in [0.2, 0.25) is 18.1 Å². The fourth-order valence-electron chi connectivity index (χ4n) is 3.43. The lowest BCUT2D eigenvalue weighted by Gasteiger charge is -2.38. The summed E-state index contributed by atoms with van der Waals surface area (Å²) in [7, 11) is -1.99. The molecule has 0 aliphatic carbocycles. The first-order valence-electron chi connectivity index (χ1n) is 10.2. The first-order valence-corrected chi connectivity index (χ1v) is 13.1. The van der Waals surface area contributed by atoms with Crippen LogP contribution in [-0.4, -0.2) is 92.9 Å². The minimum atomic E-state index is -1.99. The van der Waals surface area contributed by atoms with Crippen LogP contribution < -0.4 is 0 Å². The molecule has 0 aromatic heterocycles. The van der Waals surface area contributed by atoms with Gasteiger partial charge in [-0.3, -0.25) is 9.59 Å². The fraction of sp³-hybridized carbons (Fsp3) is 0.750. The molecule has 2 heterocycles. The van der Waals surface area contributed by atoms with Crippen molar-refractivity contribution in [1.82, 2.24) is 14.7 Å². The van der Waals surface area contributed by atoms with Crippen molar-refractivity contribution in [2.45, 2.75) is 57.5 Å². The zero-order chi connectivity index (χ0) is 21.8. The van der Waals surface area contributed by atoms with Crippen LogP contribution in [0.1, 0.15) is 27.2 Å². The van der Waals surface area contributed by atoms with Gasteiger partial charge < -0.3 is 23.9 Å². The van der Waals surface area contributed by atoms with E-state index in [-0.39, 0.29) is 36.2 Å². The molecule has 0 unspecified atom stereocenters. The highest BCUT2D eigenvalue weighted by molar-refractivity contribution is 6.74. The second-order valence-corrected chi connectivity index (χ2v) is 14.1. The minimum absolute atomic E-state index is 0.0698. The maximum Gasteiger partial charge on any atom is 0.410 e. The molecule has 0 bridgehead atoms. The van der Waals surface area contributed by atoms with Crippen LogP contribution in [-0.2, 0) is 18.8 Å². The lowest BCUT2D eigenvalue weighted by molar-refractivity contribution is -0.140. The highest BCUT2D eigenvalue weighted by atomic mass is 28.4. The topological polar surface area (TPSA) is 79.4 Å². The maximum absolute atomic E-state index is 12.6. The van der Waals surface area contributed by atoms with E-state index in [9.17, 15) is 14.4 Å². The van der Waals surface area contributed by atoms with Crippen LogP contribution in [0.4, 0.5) is 4.79 Å². The van der Waals surface area contributed by atoms with Crippen LogP contribution in [0.25, 0.3) is 0 Å². The van der Waals surface area contributed by atoms with Gasteiger partial charge in [0.25, 0.3) is 0 Å². The Labute approximate surface area is 174 Å². The van der Waals surface area contributed by atoms with Crippen LogP contribution >= 0.6 is 0 Å². The van der Waals surface area contributed by atoms with Crippen LogP contribution in [0.5, 0.6) is 0 Å². The summed E-state index contributed by atoms with van der Waals surface area (Å²) in [6, 6.07) is -0.172. The first kappa shape index (κ1) is 23.4. The smallest absolute Gasteiger partial charge is 0.410 e. The average molecular weight is 426 g/mol. The maximum atomic E-state index is 12.6. The standard InChI is InChI=1S/C20H35N3O5Si/c1-7-10-27-19(26)23-13-17(28-29(5,6)20(2,3)4)11-16(23)12-22-9-8-21(15-24)14-18(22)25/h7,15-17H,1,8-14H2,2-6H3/t16-,17+/m0/s1. The third-order valence-electron chi connectivity index (χ3n) is 6.13. The number of hydrogen-bond donors (Lipinski definition) is 0. The van der Waals surface area contributed by atoms with Crippen molar-refractivity contribution in [3.8, 4) is 0 Å². The molecule has 0 saturated carbocycles. The van der Waals surface area contributed by atoms with E-state index in [0.29, 0.717) is 39.0 Å². The fourth-order valence-corrected chi connectivity index (χ4v) is 4.78. The molecule has 9 heteroatoms. The summed E-state index contributed by atoms with van der Waals surface area (Å²) in [5.41, 5.74) is 0. The van der Waals surface area contributed by atoms with E-state index in [0.717, 1.165) is 0 Å². The van der Waals surface area contributed by atoms with Gasteiger partial charge >= 0.3 is 6.09 Å². The highest BCUT2D eigenvalue weighted by Crippen LogP contribution is 2.39. The van der Waals surface area contributed by atoms with Gasteiger partial charge in [-0.1, -0.05) is 33.4 Å². The van der Waals surface area contributed by atoms with Gasteiger partial charge in [0.15, 0.2) is 8.32 Å². The van der Waals surface area contributed by atoms with Gasteiger partial charge in [-0.05, 0) is 24.6 Å². The van der Waals surface area contributed by atoms with Crippen molar-refractivity contribution < 1.29 is 23.5 Å². The molecule has 2 rings (SSSR count). The van der Waals surface area contributed by atoms with E-state index < -0.39 is 14.4 Å². The van der Waals surface area contributed by atoms with Crippen molar-refractivity contribution in [1.29, 1.82) is 0 Å². The zero-order valence-corrected chi connectivity index (χ0v) is 19.3. The Morgan fingerprint density at radius 3 is 2.55 bits per heavy atom. The summed E-state index contributed by atoms with van der Waals surface area (Å²) in [6.45, 7) is 16.6. The second-order valence-electron chi connectivity index (χ2n) is 9.32. The van der Waals surface area contributed by atoms with Gasteiger partial charge in [0.2, 0.25) is 12.3 Å². The predicted octanol–water partition coefficient (Wildman–Crippen LogP) is 2.07. The normalized spacial score (nSPS) is 23.3. The van der Waals surface area contributed by atoms with E-state index in [1.165, 1.54) is 11.0 Å². The lowest BCUT2D eigenvalue weighted by Crippen LogP contribution is -2.53. The molecule has 0 radical (unpaired) electrons. The molecule has 164 valence electrons. The Bertz CT molecular complexity index is 634. The van der Waals surface area contributed by atoms with Gasteiger partial charge in [0.05, 0.1) is 18.7 Å². The predicted molar refractivity (Wildman–Crippen MR) is 113 cm³/mol. The number of nitrogens with zero attached hydrogens (tertiary/aromatic N) is 3. The van der Waals surface area contributed by atoms with E-state index in [1.807, 2.05) is 0 Å². The number of amides is 3. The molecule has 8 nitrogen and oxygen atoms in total. The number of carbonyl (C=O) groups excluding carboxylic acids is 3. The lowest BCUT2D eigenvalue weighted by atomic mass is 10.1. The molecule has 29 heavy (non-hydrogen) atoms. The van der Waals surface area contributed by atoms with Crippen molar-refractivity contribution >= 4 is 26.7 Å². The number of rotatable bonds is 7. The van der Waals surface area contributed by atoms with E-state index in [1.54, 1.807) is 9.80 Å². The minimum Gasteiger partial charge on any atom is -0.445 e. The number of likely N-dealkylation sites (tertiary alicyclic amines) is 1. The van der Waals surface area contributed by atoms with Crippen molar-refractivity contribution in [3.05, 3.63) is 12.7 Å². The largest absolute Gasteiger partial charge is 0.445 e. The Kier molecular flexibility index (Phi) is 7.50. The van der Waals surface area contributed by atoms with Crippen LogP contribution in [0.15, 0.2) is 12.7 Å². The van der Waals surface area contributed by atoms with Gasteiger partial charge in [-0.2, -0.15) is 0 Å². The molecule has 2 saturated heterocycles. The van der Waals surface area contributed by atoms with E-state index in [2.05, 4.69) is 40.4 Å². The number of hydrogen-bond acceptors (Lipinski definition) is 5. The highest BCUT2D eigenvalue weighted by Gasteiger charge is 2.44. The number of ether oxygens (including phenoxy) is 1. The Morgan fingerprint density at radius 1 is 1.31 bits per heavy atom. The van der Waals surface area contributed by atoms with Gasteiger partial charge in [-0.25, -0.2) is 4.79 Å². The Balaban J connectivity index is 2.09. The average Bonchev–Trinajstić information content (AvgIpc) is 3.02. The molecule has 0 aromatic carbocycles. The molecule has 0 spiro atoms. The molecule has 2 fully saturated rings. The molecule has 0 aromatic rings. The summed E-state index contributed by atoms with van der Waals surface area (Å²) in [4.78, 5) is 40.8. The van der Waals surface area contributed by atoms with Crippen molar-refractivity contribution in [2.75, 3.05) is 39.3 Å². The monoisotopic (exact) mass is 425 g/mol. The van der Waals surface area contributed by atoms with E-state index in [4.69, 9.17) is 9.16 Å². The van der Waals surface area contributed by atoms with Crippen molar-refractivity contribution in [3.63, 3.8) is 0 Å². The molecule has 0 N–H and O–H groups in total. The van der Waals surface area contributed by atoms with Crippen LogP contribution in [0.3, 0.4) is 0 Å². The van der Waals surface area contributed by atoms with Crippen molar-refractivity contribution in [2.24, 2.45) is 0 Å². The molecule has 3 amide bonds. The summed E-state index contributed by atoms with van der Waals surface area (Å²) >= 11 is 0. The first-order chi connectivity index (χ1) is 13.5. The Hall–Kier alpha value is -1.87. The third kappa shape index (κ3) is 5.82. The summed E-state index contributed by atoms with van der Waals surface area (Å²) in [6.07, 6.45) is 2.41. The molecular formula is C20H35N3O5Si. The van der Waals surface area contributed by atoms with Gasteiger partial charge in [0, 0.05) is 26.2 Å². The van der Waals surface area contributed by atoms with E-state index >= 15 is 0 Å². The van der Waals surface area contributed by atoms with Gasteiger partial charge in [-0.15, -0.1) is 0 Å². The van der Waals surface area contributed by atoms with Crippen LogP contribution in [0, 0.1) is 0 Å². The zero-order valence-electron chi connectivity index (χ0n) is 18.3. The molecule has 2 aliphatic heterocycles. The summed E-state index contributed by atoms with van der Waals surface area (Å²) < 4.78 is 11.8. The number of piperazine rings is 1. The molecular weight excluding hydrogens is 390 g/mol. The Morgan fingerprint density at radius 2 is 2.00 bits per heavy atom. The van der Waals surface area contributed by atoms with Gasteiger partial charge in [0.1, 0.15) is 6.61 Å². The molecule has 2 atom stereocenters. The SMILES string of the molecule is C=CCOC(=O)N1C[C@H](O[Si](C)(C)C(C)(C)C)C[C@H]1CN1CCN(C=O)CC1=O. The molecule has 2 aliphatic rings.